The molecule has 1 unspecified atom stereocenters. The monoisotopic (exact) mass is 493 g/mol. The molecule has 0 spiro atoms. The normalized spacial score (nSPS) is 16.8. The molecule has 2 aliphatic rings. The molecule has 2 amide bonds. The number of rotatable bonds is 6. The van der Waals surface area contributed by atoms with Crippen LogP contribution >= 0.6 is 0 Å². The van der Waals surface area contributed by atoms with E-state index in [0.717, 1.165) is 42.1 Å². The third kappa shape index (κ3) is 5.98. The summed E-state index contributed by atoms with van der Waals surface area (Å²) in [5, 5.41) is 5.96. The molecule has 0 aromatic heterocycles. The maximum atomic E-state index is 12.9. The molecule has 6 nitrogen and oxygen atoms in total. The first kappa shape index (κ1) is 24.5. The molecule has 6 heteroatoms. The second-order valence-corrected chi connectivity index (χ2v) is 9.72. The average molecular weight is 494 g/mol. The Labute approximate surface area is 217 Å². The molecule has 0 fully saturated rings. The Kier molecular flexibility index (Phi) is 7.19. The number of allylic oxidation sites excluding steroid dienone is 2. The maximum absolute atomic E-state index is 12.9. The van der Waals surface area contributed by atoms with Crippen LogP contribution in [0.15, 0.2) is 85.1 Å². The van der Waals surface area contributed by atoms with Crippen molar-refractivity contribution < 1.29 is 14.3 Å². The minimum absolute atomic E-state index is 0.170. The molecule has 0 saturated heterocycles. The van der Waals surface area contributed by atoms with Gasteiger partial charge in [-0.25, -0.2) is 0 Å². The molecule has 0 bridgehead atoms. The Bertz CT molecular complexity index is 1370. The van der Waals surface area contributed by atoms with Crippen molar-refractivity contribution >= 4 is 23.3 Å². The number of nitrogens with zero attached hydrogens (tertiary/aromatic N) is 1. The average Bonchev–Trinajstić information content (AvgIpc) is 2.92. The number of nitrogens with one attached hydrogen (secondary N) is 2. The molecular formula is C31H31N3O3. The van der Waals surface area contributed by atoms with Crippen molar-refractivity contribution in [3.8, 4) is 0 Å². The lowest BCUT2D eigenvalue weighted by Gasteiger charge is -2.25. The number of anilines is 1. The molecule has 5 rings (SSSR count). The Balaban J connectivity index is 1.19. The predicted octanol–water partition coefficient (Wildman–Crippen LogP) is 5.38. The highest BCUT2D eigenvalue weighted by Crippen LogP contribution is 2.24. The van der Waals surface area contributed by atoms with Crippen LogP contribution in [0.5, 0.6) is 0 Å². The summed E-state index contributed by atoms with van der Waals surface area (Å²) in [6, 6.07) is 20.8. The fourth-order valence-corrected chi connectivity index (χ4v) is 4.61. The Hall–Kier alpha value is -4.16. The third-order valence-electron chi connectivity index (χ3n) is 6.73. The molecule has 0 aliphatic carbocycles. The molecule has 0 radical (unpaired) electrons. The first-order valence-electron chi connectivity index (χ1n) is 12.6. The smallest absolute Gasteiger partial charge is 0.255 e. The van der Waals surface area contributed by atoms with Gasteiger partial charge in [0.2, 0.25) is 0 Å². The van der Waals surface area contributed by atoms with Gasteiger partial charge in [0.15, 0.2) is 0 Å². The van der Waals surface area contributed by atoms with Crippen LogP contribution in [0.4, 0.5) is 5.69 Å². The van der Waals surface area contributed by atoms with Crippen molar-refractivity contribution in [1.82, 2.24) is 10.2 Å². The molecule has 3 aromatic carbocycles. The summed E-state index contributed by atoms with van der Waals surface area (Å²) in [6.45, 7) is 4.35. The minimum Gasteiger partial charge on any atom is -0.465 e. The van der Waals surface area contributed by atoms with Gasteiger partial charge in [-0.15, -0.1) is 0 Å². The third-order valence-corrected chi connectivity index (χ3v) is 6.73. The standard InChI is InChI=1S/C31H31N3O3/c1-21-13-15-37-29(16-21)24-6-8-25(9-7-24)30(35)32-19-22-4-3-5-26(17-22)31(36)33-28-11-10-23-12-14-34(2)20-27(23)18-28/h3-11,13,15-18,21H,12,14,19-20H2,1-2H3,(H,32,35)(H,33,36). The molecule has 2 heterocycles. The largest absolute Gasteiger partial charge is 0.465 e. The van der Waals surface area contributed by atoms with Crippen molar-refractivity contribution in [1.29, 1.82) is 0 Å². The molecule has 2 aliphatic heterocycles. The van der Waals surface area contributed by atoms with E-state index in [1.165, 1.54) is 11.1 Å². The number of benzene rings is 3. The van der Waals surface area contributed by atoms with Gasteiger partial charge in [0.25, 0.3) is 11.8 Å². The van der Waals surface area contributed by atoms with Crippen LogP contribution in [0.25, 0.3) is 5.76 Å². The number of fused-ring (bicyclic) bond motifs is 1. The van der Waals surface area contributed by atoms with Gasteiger partial charge >= 0.3 is 0 Å². The van der Waals surface area contributed by atoms with Gasteiger partial charge in [-0.2, -0.15) is 0 Å². The lowest BCUT2D eigenvalue weighted by atomic mass is 9.99. The lowest BCUT2D eigenvalue weighted by Crippen LogP contribution is -2.26. The van der Waals surface area contributed by atoms with E-state index >= 15 is 0 Å². The second kappa shape index (κ2) is 10.8. The molecule has 3 aromatic rings. The quantitative estimate of drug-likeness (QED) is 0.484. The molecule has 2 N–H and O–H groups in total. The minimum atomic E-state index is -0.174. The summed E-state index contributed by atoms with van der Waals surface area (Å²) in [5.74, 6) is 0.757. The fraction of sp³-hybridized carbons (Fsp3) is 0.226. The Morgan fingerprint density at radius 3 is 2.62 bits per heavy atom. The van der Waals surface area contributed by atoms with Crippen LogP contribution in [0.3, 0.4) is 0 Å². The van der Waals surface area contributed by atoms with Crippen molar-refractivity contribution in [3.63, 3.8) is 0 Å². The van der Waals surface area contributed by atoms with Gasteiger partial charge in [-0.3, -0.25) is 9.59 Å². The number of hydrogen-bond donors (Lipinski definition) is 2. The molecular weight excluding hydrogens is 462 g/mol. The molecule has 0 saturated carbocycles. The van der Waals surface area contributed by atoms with E-state index in [1.807, 2.05) is 48.6 Å². The van der Waals surface area contributed by atoms with Gasteiger partial charge in [0, 0.05) is 42.0 Å². The van der Waals surface area contributed by atoms with Crippen LogP contribution in [0, 0.1) is 5.92 Å². The van der Waals surface area contributed by atoms with E-state index < -0.39 is 0 Å². The van der Waals surface area contributed by atoms with Gasteiger partial charge in [0.1, 0.15) is 5.76 Å². The zero-order valence-corrected chi connectivity index (χ0v) is 21.2. The number of ether oxygens (including phenoxy) is 1. The van der Waals surface area contributed by atoms with Crippen molar-refractivity contribution in [2.45, 2.75) is 26.4 Å². The van der Waals surface area contributed by atoms with E-state index in [-0.39, 0.29) is 11.8 Å². The van der Waals surface area contributed by atoms with E-state index in [4.69, 9.17) is 4.74 Å². The van der Waals surface area contributed by atoms with Crippen LogP contribution in [-0.2, 0) is 24.2 Å². The summed E-state index contributed by atoms with van der Waals surface area (Å²) in [7, 11) is 2.11. The first-order chi connectivity index (χ1) is 17.9. The predicted molar refractivity (Wildman–Crippen MR) is 146 cm³/mol. The summed E-state index contributed by atoms with van der Waals surface area (Å²) in [6.07, 6.45) is 6.75. The number of carbonyl (C=O) groups is 2. The molecule has 188 valence electrons. The Morgan fingerprint density at radius 2 is 1.81 bits per heavy atom. The van der Waals surface area contributed by atoms with E-state index in [2.05, 4.69) is 41.6 Å². The summed E-state index contributed by atoms with van der Waals surface area (Å²) in [4.78, 5) is 27.9. The van der Waals surface area contributed by atoms with Crippen molar-refractivity contribution in [3.05, 3.63) is 119 Å². The van der Waals surface area contributed by atoms with Crippen LogP contribution < -0.4 is 10.6 Å². The summed E-state index contributed by atoms with van der Waals surface area (Å²) < 4.78 is 5.58. The highest BCUT2D eigenvalue weighted by Gasteiger charge is 2.15. The maximum Gasteiger partial charge on any atom is 0.255 e. The van der Waals surface area contributed by atoms with Crippen LogP contribution in [0.1, 0.15) is 49.9 Å². The SMILES string of the molecule is CC1C=COC(c2ccc(C(=O)NCc3cccc(C(=O)Nc4ccc5c(c4)CN(C)CC5)c3)cc2)=C1. The number of likely N-dealkylation sites (N-methyl/N-ethyl adjacent to an activating group) is 1. The van der Waals surface area contributed by atoms with Crippen molar-refractivity contribution in [2.75, 3.05) is 18.9 Å². The highest BCUT2D eigenvalue weighted by molar-refractivity contribution is 6.04. The van der Waals surface area contributed by atoms with Crippen LogP contribution in [0.2, 0.25) is 0 Å². The number of hydrogen-bond acceptors (Lipinski definition) is 4. The second-order valence-electron chi connectivity index (χ2n) is 9.72. The van der Waals surface area contributed by atoms with E-state index in [0.29, 0.717) is 23.6 Å². The number of carbonyl (C=O) groups excluding carboxylic acids is 2. The van der Waals surface area contributed by atoms with Gasteiger partial charge in [0.05, 0.1) is 6.26 Å². The lowest BCUT2D eigenvalue weighted by molar-refractivity contribution is 0.0950. The molecule has 1 atom stereocenters. The van der Waals surface area contributed by atoms with Crippen molar-refractivity contribution in [2.24, 2.45) is 5.92 Å². The zero-order valence-electron chi connectivity index (χ0n) is 21.2. The fourth-order valence-electron chi connectivity index (χ4n) is 4.61. The van der Waals surface area contributed by atoms with Gasteiger partial charge in [-0.1, -0.05) is 37.3 Å². The van der Waals surface area contributed by atoms with Crippen LogP contribution in [-0.4, -0.2) is 30.3 Å². The van der Waals surface area contributed by atoms with Gasteiger partial charge in [-0.05, 0) is 84.6 Å². The van der Waals surface area contributed by atoms with E-state index in [1.54, 1.807) is 24.5 Å². The summed E-state index contributed by atoms with van der Waals surface area (Å²) >= 11 is 0. The molecule has 37 heavy (non-hydrogen) atoms. The Morgan fingerprint density at radius 1 is 0.973 bits per heavy atom. The van der Waals surface area contributed by atoms with Gasteiger partial charge < -0.3 is 20.3 Å². The summed E-state index contributed by atoms with van der Waals surface area (Å²) in [5.41, 5.74) is 6.29. The van der Waals surface area contributed by atoms with E-state index in [9.17, 15) is 9.59 Å². The highest BCUT2D eigenvalue weighted by atomic mass is 16.5. The topological polar surface area (TPSA) is 70.7 Å². The first-order valence-corrected chi connectivity index (χ1v) is 12.6. The zero-order chi connectivity index (χ0) is 25.8. The number of amides is 2.